The molecule has 0 bridgehead atoms. The zero-order valence-corrected chi connectivity index (χ0v) is 10.8. The minimum Gasteiger partial charge on any atom is -0.481 e. The lowest BCUT2D eigenvalue weighted by molar-refractivity contribution is -0.135. The van der Waals surface area contributed by atoms with Gasteiger partial charge in [0.05, 0.1) is 6.42 Å². The fourth-order valence-electron chi connectivity index (χ4n) is 2.02. The van der Waals surface area contributed by atoms with Crippen LogP contribution in [0.1, 0.15) is 23.1 Å². The van der Waals surface area contributed by atoms with Crippen LogP contribution >= 0.6 is 0 Å². The molecule has 0 aliphatic carbocycles. The van der Waals surface area contributed by atoms with Gasteiger partial charge in [-0.05, 0) is 23.6 Å². The third-order valence-corrected chi connectivity index (χ3v) is 2.89. The maximum Gasteiger partial charge on any atom is 0.307 e. The van der Waals surface area contributed by atoms with Gasteiger partial charge < -0.3 is 5.11 Å². The Kier molecular flexibility index (Phi) is 4.14. The van der Waals surface area contributed by atoms with Crippen molar-refractivity contribution < 1.29 is 9.90 Å². The third-order valence-electron chi connectivity index (χ3n) is 2.89. The smallest absolute Gasteiger partial charge is 0.307 e. The lowest BCUT2D eigenvalue weighted by Gasteiger charge is -2.09. The fraction of sp³-hybridized carbons (Fsp3) is 0.118. The highest BCUT2D eigenvalue weighted by Gasteiger charge is 2.05. The molecule has 0 spiro atoms. The first-order valence-corrected chi connectivity index (χ1v) is 6.21. The van der Waals surface area contributed by atoms with Crippen molar-refractivity contribution in [2.75, 3.05) is 0 Å². The predicted molar refractivity (Wildman–Crippen MR) is 77.0 cm³/mol. The minimum absolute atomic E-state index is 0.0260. The molecule has 19 heavy (non-hydrogen) atoms. The SMILES string of the molecule is Cc1cccc(/C(=C/CC(=O)O)c2ccccc2)c1. The number of carboxylic acid groups (broad SMARTS) is 1. The second kappa shape index (κ2) is 6.01. The topological polar surface area (TPSA) is 37.3 Å². The van der Waals surface area contributed by atoms with Gasteiger partial charge in [-0.1, -0.05) is 66.2 Å². The van der Waals surface area contributed by atoms with Crippen molar-refractivity contribution >= 4 is 11.5 Å². The fourth-order valence-corrected chi connectivity index (χ4v) is 2.02. The molecule has 0 radical (unpaired) electrons. The molecule has 2 nitrogen and oxygen atoms in total. The molecule has 0 aliphatic rings. The van der Waals surface area contributed by atoms with Gasteiger partial charge in [-0.3, -0.25) is 4.79 Å². The number of benzene rings is 2. The third kappa shape index (κ3) is 3.55. The van der Waals surface area contributed by atoms with Gasteiger partial charge in [-0.15, -0.1) is 0 Å². The Bertz CT molecular complexity index is 598. The van der Waals surface area contributed by atoms with E-state index < -0.39 is 5.97 Å². The number of rotatable bonds is 4. The van der Waals surface area contributed by atoms with Crippen LogP contribution in [0.25, 0.3) is 5.57 Å². The quantitative estimate of drug-likeness (QED) is 0.896. The zero-order valence-electron chi connectivity index (χ0n) is 10.8. The summed E-state index contributed by atoms with van der Waals surface area (Å²) in [4.78, 5) is 10.8. The van der Waals surface area contributed by atoms with Crippen molar-refractivity contribution in [1.82, 2.24) is 0 Å². The summed E-state index contributed by atoms with van der Waals surface area (Å²) in [7, 11) is 0. The Hall–Kier alpha value is -2.35. The van der Waals surface area contributed by atoms with Gasteiger partial charge >= 0.3 is 5.97 Å². The lowest BCUT2D eigenvalue weighted by atomic mass is 9.96. The van der Waals surface area contributed by atoms with Crippen LogP contribution in [-0.2, 0) is 4.79 Å². The van der Waals surface area contributed by atoms with Crippen LogP contribution in [0.15, 0.2) is 60.7 Å². The summed E-state index contributed by atoms with van der Waals surface area (Å²) in [5, 5.41) is 8.87. The van der Waals surface area contributed by atoms with E-state index in [0.29, 0.717) is 0 Å². The first kappa shape index (κ1) is 13.1. The standard InChI is InChI=1S/C17H16O2/c1-13-6-5-9-15(12-13)16(10-11-17(18)19)14-7-3-2-4-8-14/h2-10,12H,11H2,1H3,(H,18,19)/b16-10+. The number of aliphatic carboxylic acids is 1. The molecule has 0 aliphatic heterocycles. The molecule has 0 unspecified atom stereocenters. The van der Waals surface area contributed by atoms with Crippen LogP contribution < -0.4 is 0 Å². The number of hydrogen-bond acceptors (Lipinski definition) is 1. The van der Waals surface area contributed by atoms with E-state index in [9.17, 15) is 4.79 Å². The van der Waals surface area contributed by atoms with Crippen LogP contribution in [0.5, 0.6) is 0 Å². The van der Waals surface area contributed by atoms with Crippen molar-refractivity contribution in [3.05, 3.63) is 77.4 Å². The minimum atomic E-state index is -0.818. The van der Waals surface area contributed by atoms with Gasteiger partial charge in [0, 0.05) is 0 Å². The Labute approximate surface area is 113 Å². The van der Waals surface area contributed by atoms with Crippen molar-refractivity contribution in [3.63, 3.8) is 0 Å². The number of carbonyl (C=O) groups is 1. The summed E-state index contributed by atoms with van der Waals surface area (Å²) in [5.74, 6) is -0.818. The lowest BCUT2D eigenvalue weighted by Crippen LogP contribution is -1.94. The Morgan fingerprint density at radius 2 is 1.74 bits per heavy atom. The van der Waals surface area contributed by atoms with Crippen molar-refractivity contribution in [2.45, 2.75) is 13.3 Å². The highest BCUT2D eigenvalue weighted by atomic mass is 16.4. The average Bonchev–Trinajstić information content (AvgIpc) is 2.40. The molecule has 0 aromatic heterocycles. The summed E-state index contributed by atoms with van der Waals surface area (Å²) in [6.07, 6.45) is 1.80. The van der Waals surface area contributed by atoms with E-state index in [1.807, 2.05) is 55.5 Å². The van der Waals surface area contributed by atoms with Gasteiger partial charge in [0.25, 0.3) is 0 Å². The summed E-state index contributed by atoms with van der Waals surface area (Å²) >= 11 is 0. The zero-order chi connectivity index (χ0) is 13.7. The van der Waals surface area contributed by atoms with Crippen LogP contribution in [0, 0.1) is 6.92 Å². The number of carboxylic acids is 1. The molecule has 96 valence electrons. The van der Waals surface area contributed by atoms with Gasteiger partial charge in [-0.25, -0.2) is 0 Å². The maximum atomic E-state index is 10.8. The van der Waals surface area contributed by atoms with Gasteiger partial charge in [-0.2, -0.15) is 0 Å². The average molecular weight is 252 g/mol. The van der Waals surface area contributed by atoms with E-state index in [1.54, 1.807) is 6.08 Å². The van der Waals surface area contributed by atoms with Crippen molar-refractivity contribution in [2.24, 2.45) is 0 Å². The van der Waals surface area contributed by atoms with Crippen LogP contribution in [-0.4, -0.2) is 11.1 Å². The monoisotopic (exact) mass is 252 g/mol. The second-order valence-corrected chi connectivity index (χ2v) is 4.45. The van der Waals surface area contributed by atoms with E-state index in [0.717, 1.165) is 22.3 Å². The van der Waals surface area contributed by atoms with E-state index in [1.165, 1.54) is 0 Å². The molecule has 0 atom stereocenters. The summed E-state index contributed by atoms with van der Waals surface area (Å²) < 4.78 is 0. The van der Waals surface area contributed by atoms with Crippen LogP contribution in [0.2, 0.25) is 0 Å². The molecule has 0 heterocycles. The molecule has 0 saturated heterocycles. The van der Waals surface area contributed by atoms with Crippen LogP contribution in [0.4, 0.5) is 0 Å². The van der Waals surface area contributed by atoms with Crippen molar-refractivity contribution in [1.29, 1.82) is 0 Å². The molecule has 0 fully saturated rings. The van der Waals surface area contributed by atoms with Crippen LogP contribution in [0.3, 0.4) is 0 Å². The molecular weight excluding hydrogens is 236 g/mol. The van der Waals surface area contributed by atoms with Gasteiger partial charge in [0.1, 0.15) is 0 Å². The highest BCUT2D eigenvalue weighted by Crippen LogP contribution is 2.24. The number of hydrogen-bond donors (Lipinski definition) is 1. The summed E-state index contributed by atoms with van der Waals surface area (Å²) in [5.41, 5.74) is 4.21. The Balaban J connectivity index is 2.46. The summed E-state index contributed by atoms with van der Waals surface area (Å²) in [6, 6.07) is 18.0. The molecule has 2 heteroatoms. The Morgan fingerprint density at radius 1 is 1.05 bits per heavy atom. The molecular formula is C17H16O2. The van der Waals surface area contributed by atoms with E-state index in [4.69, 9.17) is 5.11 Å². The number of aryl methyl sites for hydroxylation is 1. The largest absolute Gasteiger partial charge is 0.481 e. The first-order chi connectivity index (χ1) is 9.16. The maximum absolute atomic E-state index is 10.8. The molecule has 1 N–H and O–H groups in total. The summed E-state index contributed by atoms with van der Waals surface area (Å²) in [6.45, 7) is 2.03. The molecule has 0 saturated carbocycles. The first-order valence-electron chi connectivity index (χ1n) is 6.21. The van der Waals surface area contributed by atoms with E-state index >= 15 is 0 Å². The Morgan fingerprint density at radius 3 is 2.37 bits per heavy atom. The highest BCUT2D eigenvalue weighted by molar-refractivity contribution is 5.82. The second-order valence-electron chi connectivity index (χ2n) is 4.45. The molecule has 0 amide bonds. The molecule has 2 rings (SSSR count). The van der Waals surface area contributed by atoms with Gasteiger partial charge in [0.2, 0.25) is 0 Å². The van der Waals surface area contributed by atoms with Crippen molar-refractivity contribution in [3.8, 4) is 0 Å². The van der Waals surface area contributed by atoms with E-state index in [-0.39, 0.29) is 6.42 Å². The molecule has 2 aromatic rings. The van der Waals surface area contributed by atoms with Gasteiger partial charge in [0.15, 0.2) is 0 Å². The molecule has 2 aromatic carbocycles. The normalized spacial score (nSPS) is 11.3. The van der Waals surface area contributed by atoms with E-state index in [2.05, 4.69) is 6.07 Å². The predicted octanol–water partition coefficient (Wildman–Crippen LogP) is 3.90.